The predicted molar refractivity (Wildman–Crippen MR) is 106 cm³/mol. The number of carbonyl (C=O) groups is 1. The lowest BCUT2D eigenvalue weighted by atomic mass is 9.92. The average Bonchev–Trinajstić information content (AvgIpc) is 3.19. The zero-order valence-electron chi connectivity index (χ0n) is 17.3. The molecule has 0 aromatic heterocycles. The molecule has 1 aromatic carbocycles. The van der Waals surface area contributed by atoms with E-state index < -0.39 is 21.8 Å². The normalized spacial score (nSPS) is 24.4. The highest BCUT2D eigenvalue weighted by molar-refractivity contribution is 7.89. The molecule has 2 aliphatic rings. The van der Waals surface area contributed by atoms with Gasteiger partial charge in [0.1, 0.15) is 0 Å². The van der Waals surface area contributed by atoms with Crippen LogP contribution in [-0.2, 0) is 21.0 Å². The first-order valence-electron chi connectivity index (χ1n) is 10.2. The van der Waals surface area contributed by atoms with Gasteiger partial charge in [0.25, 0.3) is 0 Å². The summed E-state index contributed by atoms with van der Waals surface area (Å²) in [5.41, 5.74) is -1.14. The molecular formula is C20H28F3N3O3S. The molecule has 6 nitrogen and oxygen atoms in total. The molecule has 0 radical (unpaired) electrons. The Morgan fingerprint density at radius 2 is 1.77 bits per heavy atom. The van der Waals surface area contributed by atoms with E-state index in [4.69, 9.17) is 0 Å². The zero-order chi connectivity index (χ0) is 22.2. The first-order valence-corrected chi connectivity index (χ1v) is 11.7. The summed E-state index contributed by atoms with van der Waals surface area (Å²) >= 11 is 0. The molecule has 0 N–H and O–H groups in total. The van der Waals surface area contributed by atoms with Crippen LogP contribution in [-0.4, -0.2) is 73.2 Å². The fourth-order valence-corrected chi connectivity index (χ4v) is 5.92. The van der Waals surface area contributed by atoms with Crippen molar-refractivity contribution in [3.63, 3.8) is 0 Å². The van der Waals surface area contributed by atoms with Crippen molar-refractivity contribution < 1.29 is 26.4 Å². The maximum absolute atomic E-state index is 13.0. The van der Waals surface area contributed by atoms with Crippen LogP contribution in [0.4, 0.5) is 13.2 Å². The third-order valence-electron chi connectivity index (χ3n) is 6.35. The quantitative estimate of drug-likeness (QED) is 0.697. The summed E-state index contributed by atoms with van der Waals surface area (Å²) in [5, 5.41) is 0. The number of hydrogen-bond donors (Lipinski definition) is 0. The van der Waals surface area contributed by atoms with Crippen LogP contribution in [0.3, 0.4) is 0 Å². The van der Waals surface area contributed by atoms with Gasteiger partial charge in [-0.3, -0.25) is 9.69 Å². The molecule has 2 fully saturated rings. The Morgan fingerprint density at radius 1 is 1.10 bits per heavy atom. The third-order valence-corrected chi connectivity index (χ3v) is 8.25. The van der Waals surface area contributed by atoms with Gasteiger partial charge in [-0.05, 0) is 31.0 Å². The van der Waals surface area contributed by atoms with Crippen LogP contribution >= 0.6 is 0 Å². The minimum Gasteiger partial charge on any atom is -0.341 e. The van der Waals surface area contributed by atoms with E-state index in [1.807, 2.05) is 11.8 Å². The van der Waals surface area contributed by atoms with E-state index in [-0.39, 0.29) is 29.4 Å². The van der Waals surface area contributed by atoms with Crippen LogP contribution in [0.1, 0.15) is 38.7 Å². The Balaban J connectivity index is 1.71. The number of halogens is 3. The maximum Gasteiger partial charge on any atom is 0.416 e. The van der Waals surface area contributed by atoms with Crippen molar-refractivity contribution in [2.45, 2.75) is 49.7 Å². The number of sulfonamides is 1. The van der Waals surface area contributed by atoms with E-state index in [0.717, 1.165) is 25.0 Å². The number of rotatable bonds is 5. The first kappa shape index (κ1) is 23.0. The highest BCUT2D eigenvalue weighted by Gasteiger charge is 2.44. The number of hydrogen-bond acceptors (Lipinski definition) is 4. The second-order valence-corrected chi connectivity index (χ2v) is 9.85. The van der Waals surface area contributed by atoms with Gasteiger partial charge in [-0.1, -0.05) is 19.9 Å². The van der Waals surface area contributed by atoms with Crippen LogP contribution in [0.25, 0.3) is 0 Å². The summed E-state index contributed by atoms with van der Waals surface area (Å²) in [6.45, 7) is 6.64. The zero-order valence-corrected chi connectivity index (χ0v) is 18.1. The van der Waals surface area contributed by atoms with E-state index in [1.165, 1.54) is 10.4 Å². The van der Waals surface area contributed by atoms with E-state index in [2.05, 4.69) is 11.8 Å². The van der Waals surface area contributed by atoms with E-state index in [1.54, 1.807) is 0 Å². The van der Waals surface area contributed by atoms with Crippen LogP contribution in [0.5, 0.6) is 0 Å². The van der Waals surface area contributed by atoms with Crippen molar-refractivity contribution in [1.29, 1.82) is 0 Å². The van der Waals surface area contributed by atoms with Crippen molar-refractivity contribution in [3.8, 4) is 0 Å². The van der Waals surface area contributed by atoms with Crippen LogP contribution in [0, 0.1) is 0 Å². The van der Waals surface area contributed by atoms with Crippen molar-refractivity contribution in [3.05, 3.63) is 29.8 Å². The predicted octanol–water partition coefficient (Wildman–Crippen LogP) is 2.80. The van der Waals surface area contributed by atoms with Gasteiger partial charge in [-0.15, -0.1) is 0 Å². The lowest BCUT2D eigenvalue weighted by molar-refractivity contribution is -0.137. The van der Waals surface area contributed by atoms with E-state index >= 15 is 0 Å². The van der Waals surface area contributed by atoms with Crippen LogP contribution in [0.2, 0.25) is 0 Å². The molecule has 1 atom stereocenters. The molecule has 2 aliphatic heterocycles. The molecule has 30 heavy (non-hydrogen) atoms. The Morgan fingerprint density at radius 3 is 2.33 bits per heavy atom. The van der Waals surface area contributed by atoms with E-state index in [9.17, 15) is 26.4 Å². The van der Waals surface area contributed by atoms with Gasteiger partial charge in [-0.2, -0.15) is 17.5 Å². The summed E-state index contributed by atoms with van der Waals surface area (Å²) in [7, 11) is -4.00. The molecule has 1 aromatic rings. The fraction of sp³-hybridized carbons (Fsp3) is 0.650. The molecular weight excluding hydrogens is 419 g/mol. The summed E-state index contributed by atoms with van der Waals surface area (Å²) in [5.74, 6) is 0.121. The molecule has 0 spiro atoms. The van der Waals surface area contributed by atoms with Crippen molar-refractivity contribution in [2.24, 2.45) is 0 Å². The topological polar surface area (TPSA) is 60.9 Å². The van der Waals surface area contributed by atoms with Crippen LogP contribution < -0.4 is 0 Å². The van der Waals surface area contributed by atoms with Gasteiger partial charge >= 0.3 is 6.18 Å². The monoisotopic (exact) mass is 447 g/mol. The number of benzene rings is 1. The van der Waals surface area contributed by atoms with Crippen LogP contribution in [0.15, 0.2) is 29.2 Å². The molecule has 10 heteroatoms. The molecule has 1 amide bonds. The molecule has 1 unspecified atom stereocenters. The Labute approximate surface area is 175 Å². The Bertz CT molecular complexity index is 883. The summed E-state index contributed by atoms with van der Waals surface area (Å²) in [6, 6.07) is 3.89. The fourth-order valence-electron chi connectivity index (χ4n) is 4.45. The Hall–Kier alpha value is -1.65. The van der Waals surface area contributed by atoms with Gasteiger partial charge in [0, 0.05) is 51.2 Å². The van der Waals surface area contributed by atoms with Gasteiger partial charge in [0.05, 0.1) is 10.5 Å². The summed E-state index contributed by atoms with van der Waals surface area (Å²) in [6.07, 6.45) is -2.44. The Kier molecular flexibility index (Phi) is 6.50. The lowest BCUT2D eigenvalue weighted by Crippen LogP contribution is -2.58. The molecule has 2 saturated heterocycles. The van der Waals surface area contributed by atoms with Gasteiger partial charge < -0.3 is 4.90 Å². The lowest BCUT2D eigenvalue weighted by Gasteiger charge is -2.45. The second kappa shape index (κ2) is 8.47. The largest absolute Gasteiger partial charge is 0.416 e. The first-order chi connectivity index (χ1) is 14.0. The number of nitrogens with zero attached hydrogens (tertiary/aromatic N) is 3. The number of carbonyl (C=O) groups excluding carboxylic acids is 1. The van der Waals surface area contributed by atoms with Gasteiger partial charge in [0.2, 0.25) is 15.9 Å². The molecule has 0 aliphatic carbocycles. The summed E-state index contributed by atoms with van der Waals surface area (Å²) in [4.78, 5) is 15.9. The number of alkyl halides is 3. The number of piperazine rings is 1. The SMILES string of the molecule is CCC(=O)N1CCC(CC)(N2CCN(S(=O)(=O)c3cccc(C(F)(F)F)c3)CC2)C1. The smallest absolute Gasteiger partial charge is 0.341 e. The third kappa shape index (κ3) is 4.36. The second-order valence-electron chi connectivity index (χ2n) is 7.91. The van der Waals surface area contributed by atoms with Gasteiger partial charge in [0.15, 0.2) is 0 Å². The maximum atomic E-state index is 13.0. The van der Waals surface area contributed by atoms with Gasteiger partial charge in [-0.25, -0.2) is 8.42 Å². The molecule has 0 saturated carbocycles. The highest BCUT2D eigenvalue weighted by atomic mass is 32.2. The summed E-state index contributed by atoms with van der Waals surface area (Å²) < 4.78 is 66.0. The van der Waals surface area contributed by atoms with Crippen molar-refractivity contribution in [1.82, 2.24) is 14.1 Å². The molecule has 3 rings (SSSR count). The molecule has 168 valence electrons. The van der Waals surface area contributed by atoms with E-state index in [0.29, 0.717) is 38.7 Å². The molecule has 2 heterocycles. The van der Waals surface area contributed by atoms with Crippen molar-refractivity contribution >= 4 is 15.9 Å². The minimum absolute atomic E-state index is 0.121. The highest BCUT2D eigenvalue weighted by Crippen LogP contribution is 2.34. The average molecular weight is 448 g/mol. The minimum atomic E-state index is -4.60. The number of likely N-dealkylation sites (tertiary alicyclic amines) is 1. The standard InChI is InChI=1S/C20H28F3N3O3S/c1-3-18(27)24-9-8-19(4-2,15-24)25-10-12-26(13-11-25)30(28,29)17-7-5-6-16(14-17)20(21,22)23/h5-7,14H,3-4,8-13,15H2,1-2H3. The van der Waals surface area contributed by atoms with Crippen molar-refractivity contribution in [2.75, 3.05) is 39.3 Å². The molecule has 0 bridgehead atoms. The number of amides is 1.